The van der Waals surface area contributed by atoms with E-state index in [9.17, 15) is 9.90 Å². The Balaban J connectivity index is 3.58. The molecule has 0 aromatic heterocycles. The first-order valence-corrected chi connectivity index (χ1v) is 6.64. The van der Waals surface area contributed by atoms with E-state index in [4.69, 9.17) is 4.74 Å². The van der Waals surface area contributed by atoms with Gasteiger partial charge in [-0.15, -0.1) is 0 Å². The Morgan fingerprint density at radius 2 is 2.25 bits per heavy atom. The quantitative estimate of drug-likeness (QED) is 0.263. The van der Waals surface area contributed by atoms with Gasteiger partial charge in [-0.05, 0) is 12.6 Å². The van der Waals surface area contributed by atoms with Gasteiger partial charge in [-0.25, -0.2) is 0 Å². The van der Waals surface area contributed by atoms with Gasteiger partial charge in [-0.2, -0.15) is 0 Å². The number of hydrogen-bond acceptors (Lipinski definition) is 5. The first kappa shape index (κ1) is 18.6. The molecule has 3 N–H and O–H groups in total. The van der Waals surface area contributed by atoms with Gasteiger partial charge in [0.15, 0.2) is 0 Å². The molecule has 116 valence electrons. The molecule has 0 heterocycles. The van der Waals surface area contributed by atoms with Gasteiger partial charge in [0.05, 0.1) is 19.0 Å². The second-order valence-corrected chi connectivity index (χ2v) is 4.20. The van der Waals surface area contributed by atoms with Crippen molar-refractivity contribution in [1.29, 1.82) is 0 Å². The zero-order chi connectivity index (χ0) is 15.2. The van der Waals surface area contributed by atoms with E-state index >= 15 is 0 Å². The van der Waals surface area contributed by atoms with Crippen molar-refractivity contribution in [1.82, 2.24) is 15.5 Å². The van der Waals surface area contributed by atoms with E-state index < -0.39 is 6.10 Å². The molecule has 0 rings (SSSR count). The zero-order valence-electron chi connectivity index (χ0n) is 12.5. The normalized spacial score (nSPS) is 13.0. The highest BCUT2D eigenvalue weighted by Crippen LogP contribution is 1.83. The van der Waals surface area contributed by atoms with Crippen LogP contribution in [-0.2, 0) is 9.53 Å². The van der Waals surface area contributed by atoms with Gasteiger partial charge in [-0.3, -0.25) is 9.79 Å². The van der Waals surface area contributed by atoms with Crippen LogP contribution in [0, 0.1) is 0 Å². The average molecular weight is 286 g/mol. The number of carbonyl (C=O) groups excluding carboxylic acids is 1. The number of nitrogens with one attached hydrogen (secondary N) is 2. The molecule has 0 aliphatic rings. The van der Waals surface area contributed by atoms with E-state index in [1.165, 1.54) is 0 Å². The first-order valence-electron chi connectivity index (χ1n) is 6.64. The Morgan fingerprint density at radius 1 is 1.50 bits per heavy atom. The molecule has 0 aliphatic carbocycles. The van der Waals surface area contributed by atoms with Crippen molar-refractivity contribution in [2.45, 2.75) is 13.0 Å². The van der Waals surface area contributed by atoms with Crippen molar-refractivity contribution >= 4 is 12.2 Å². The van der Waals surface area contributed by atoms with Crippen LogP contribution in [0.4, 0.5) is 0 Å². The molecule has 0 spiro atoms. The minimum absolute atomic E-state index is 0.0240. The van der Waals surface area contributed by atoms with Crippen LogP contribution in [0.15, 0.2) is 17.3 Å². The lowest BCUT2D eigenvalue weighted by Crippen LogP contribution is -2.39. The molecule has 0 aromatic carbocycles. The number of aliphatic imine (C=N–C) groups is 1. The van der Waals surface area contributed by atoms with E-state index in [-0.39, 0.29) is 19.1 Å². The molecule has 0 aliphatic heterocycles. The minimum Gasteiger partial charge on any atom is -0.390 e. The number of aliphatic hydroxyl groups is 1. The third-order valence-electron chi connectivity index (χ3n) is 2.25. The van der Waals surface area contributed by atoms with Crippen molar-refractivity contribution in [2.24, 2.45) is 4.99 Å². The van der Waals surface area contributed by atoms with E-state index in [1.54, 1.807) is 30.6 Å². The van der Waals surface area contributed by atoms with Crippen LogP contribution in [-0.4, -0.2) is 75.3 Å². The van der Waals surface area contributed by atoms with Crippen LogP contribution in [0.25, 0.3) is 0 Å². The van der Waals surface area contributed by atoms with Gasteiger partial charge in [0.2, 0.25) is 5.91 Å². The van der Waals surface area contributed by atoms with Crippen molar-refractivity contribution in [3.8, 4) is 0 Å². The third-order valence-corrected chi connectivity index (χ3v) is 2.25. The number of aliphatic hydroxyl groups excluding tert-OH is 1. The summed E-state index contributed by atoms with van der Waals surface area (Å²) < 4.78 is 5.17. The lowest BCUT2D eigenvalue weighted by atomic mass is 10.3. The lowest BCUT2D eigenvalue weighted by molar-refractivity contribution is -0.125. The molecule has 0 saturated heterocycles. The summed E-state index contributed by atoms with van der Waals surface area (Å²) >= 11 is 0. The summed E-state index contributed by atoms with van der Waals surface area (Å²) in [6, 6.07) is 0. The highest BCUT2D eigenvalue weighted by molar-refractivity contribution is 5.77. The van der Waals surface area contributed by atoms with Gasteiger partial charge >= 0.3 is 0 Å². The predicted molar refractivity (Wildman–Crippen MR) is 79.7 cm³/mol. The Kier molecular flexibility index (Phi) is 11.7. The fourth-order valence-corrected chi connectivity index (χ4v) is 1.32. The van der Waals surface area contributed by atoms with E-state index in [0.717, 1.165) is 6.54 Å². The molecule has 20 heavy (non-hydrogen) atoms. The highest BCUT2D eigenvalue weighted by atomic mass is 16.5. The highest BCUT2D eigenvalue weighted by Gasteiger charge is 2.05. The second kappa shape index (κ2) is 12.6. The smallest absolute Gasteiger partial charge is 0.246 e. The number of nitrogens with zero attached hydrogens (tertiary/aromatic N) is 2. The summed E-state index contributed by atoms with van der Waals surface area (Å²) in [4.78, 5) is 17.0. The summed E-state index contributed by atoms with van der Waals surface area (Å²) in [6.07, 6.45) is 4.66. The standard InChI is InChI=1S/C13H26N4O3/c1-4-15-8-12(18)9-16-13(19)10-20-7-5-6-17(3)11-14-2/h5-6,11-12,15,18H,4,7-10H2,1-3H3,(H,16,19)/b6-5+,14-11-. The largest absolute Gasteiger partial charge is 0.390 e. The number of rotatable bonds is 11. The van der Waals surface area contributed by atoms with Gasteiger partial charge < -0.3 is 25.4 Å². The minimum atomic E-state index is -0.583. The fraction of sp³-hybridized carbons (Fsp3) is 0.692. The molecular formula is C13H26N4O3. The SMILES string of the molecule is CCNCC(O)CNC(=O)COC/C=C/N(C)/C=N\C. The maximum atomic E-state index is 11.4. The molecule has 1 unspecified atom stereocenters. The molecule has 1 amide bonds. The monoisotopic (exact) mass is 286 g/mol. The summed E-state index contributed by atoms with van der Waals surface area (Å²) in [5.74, 6) is -0.238. The fourth-order valence-electron chi connectivity index (χ4n) is 1.32. The molecule has 0 bridgehead atoms. The summed E-state index contributed by atoms with van der Waals surface area (Å²) in [5, 5.41) is 15.1. The van der Waals surface area contributed by atoms with E-state index in [0.29, 0.717) is 13.2 Å². The van der Waals surface area contributed by atoms with Crippen LogP contribution in [0.1, 0.15) is 6.92 Å². The number of carbonyl (C=O) groups is 1. The van der Waals surface area contributed by atoms with Crippen molar-refractivity contribution in [3.05, 3.63) is 12.3 Å². The molecule has 0 fully saturated rings. The Labute approximate surface area is 120 Å². The van der Waals surface area contributed by atoms with Crippen LogP contribution in [0.3, 0.4) is 0 Å². The van der Waals surface area contributed by atoms with Crippen LogP contribution < -0.4 is 10.6 Å². The molecular weight excluding hydrogens is 260 g/mol. The van der Waals surface area contributed by atoms with Crippen molar-refractivity contribution in [3.63, 3.8) is 0 Å². The van der Waals surface area contributed by atoms with Gasteiger partial charge in [-0.1, -0.05) is 6.92 Å². The van der Waals surface area contributed by atoms with E-state index in [1.807, 2.05) is 14.0 Å². The van der Waals surface area contributed by atoms with Gasteiger partial charge in [0, 0.05) is 33.4 Å². The van der Waals surface area contributed by atoms with Crippen molar-refractivity contribution in [2.75, 3.05) is 46.9 Å². The molecule has 7 heteroatoms. The number of ether oxygens (including phenoxy) is 1. The number of hydrogen-bond donors (Lipinski definition) is 3. The third kappa shape index (κ3) is 11.6. The van der Waals surface area contributed by atoms with Gasteiger partial charge in [0.25, 0.3) is 0 Å². The Bertz CT molecular complexity index is 308. The van der Waals surface area contributed by atoms with Crippen LogP contribution in [0.5, 0.6) is 0 Å². The molecule has 0 aromatic rings. The molecule has 0 saturated carbocycles. The topological polar surface area (TPSA) is 86.2 Å². The van der Waals surface area contributed by atoms with Gasteiger partial charge in [0.1, 0.15) is 6.61 Å². The average Bonchev–Trinajstić information content (AvgIpc) is 2.42. The maximum absolute atomic E-state index is 11.4. The zero-order valence-corrected chi connectivity index (χ0v) is 12.5. The maximum Gasteiger partial charge on any atom is 0.246 e. The predicted octanol–water partition coefficient (Wildman–Crippen LogP) is -0.807. The molecule has 1 atom stereocenters. The van der Waals surface area contributed by atoms with Crippen LogP contribution in [0.2, 0.25) is 0 Å². The first-order chi connectivity index (χ1) is 9.60. The Hall–Kier alpha value is -1.44. The lowest BCUT2D eigenvalue weighted by Gasteiger charge is -2.12. The summed E-state index contributed by atoms with van der Waals surface area (Å²) in [7, 11) is 3.54. The Morgan fingerprint density at radius 3 is 2.90 bits per heavy atom. The summed E-state index contributed by atoms with van der Waals surface area (Å²) in [6.45, 7) is 3.75. The van der Waals surface area contributed by atoms with Crippen molar-refractivity contribution < 1.29 is 14.6 Å². The molecule has 0 radical (unpaired) electrons. The number of likely N-dealkylation sites (N-methyl/N-ethyl adjacent to an activating group) is 1. The van der Waals surface area contributed by atoms with E-state index in [2.05, 4.69) is 15.6 Å². The molecule has 7 nitrogen and oxygen atoms in total. The van der Waals surface area contributed by atoms with Crippen LogP contribution >= 0.6 is 0 Å². The second-order valence-electron chi connectivity index (χ2n) is 4.20. The number of amides is 1. The summed E-state index contributed by atoms with van der Waals surface area (Å²) in [5.41, 5.74) is 0.